The van der Waals surface area contributed by atoms with Crippen LogP contribution >= 0.6 is 0 Å². The van der Waals surface area contributed by atoms with E-state index < -0.39 is 0 Å². The number of amides is 2. The Morgan fingerprint density at radius 2 is 1.92 bits per heavy atom. The van der Waals surface area contributed by atoms with Gasteiger partial charge in [-0.1, -0.05) is 6.07 Å². The van der Waals surface area contributed by atoms with Crippen molar-refractivity contribution in [1.29, 1.82) is 0 Å². The highest BCUT2D eigenvalue weighted by atomic mass is 16.7. The van der Waals surface area contributed by atoms with Gasteiger partial charge in [-0.15, -0.1) is 0 Å². The largest absolute Gasteiger partial charge is 0.454 e. The molecule has 25 heavy (non-hydrogen) atoms. The van der Waals surface area contributed by atoms with Crippen molar-refractivity contribution in [3.63, 3.8) is 0 Å². The quantitative estimate of drug-likeness (QED) is 0.667. The van der Waals surface area contributed by atoms with E-state index in [1.165, 1.54) is 0 Å². The lowest BCUT2D eigenvalue weighted by atomic mass is 10.1. The van der Waals surface area contributed by atoms with Crippen LogP contribution in [0.25, 0.3) is 0 Å². The maximum absolute atomic E-state index is 12.3. The molecular formula is C18H28N3O4+. The zero-order valence-corrected chi connectivity index (χ0v) is 15.6. The number of fused-ring (bicyclic) bond motifs is 1. The van der Waals surface area contributed by atoms with Gasteiger partial charge in [-0.3, -0.25) is 9.59 Å². The lowest BCUT2D eigenvalue weighted by molar-refractivity contribution is -0.886. The summed E-state index contributed by atoms with van der Waals surface area (Å²) >= 11 is 0. The third kappa shape index (κ3) is 5.63. The van der Waals surface area contributed by atoms with E-state index in [1.807, 2.05) is 52.9 Å². The van der Waals surface area contributed by atoms with Crippen LogP contribution in [0, 0.1) is 0 Å². The molecule has 0 radical (unpaired) electrons. The Bertz CT molecular complexity index is 640. The summed E-state index contributed by atoms with van der Waals surface area (Å²) in [7, 11) is 1.84. The van der Waals surface area contributed by atoms with Crippen molar-refractivity contribution in [2.24, 2.45) is 0 Å². The van der Waals surface area contributed by atoms with Crippen molar-refractivity contribution in [3.8, 4) is 11.5 Å². The van der Waals surface area contributed by atoms with Crippen LogP contribution in [0.4, 0.5) is 0 Å². The van der Waals surface area contributed by atoms with Gasteiger partial charge in [0.2, 0.25) is 6.79 Å². The molecule has 1 aliphatic heterocycles. The molecule has 2 rings (SSSR count). The average Bonchev–Trinajstić information content (AvgIpc) is 2.97. The lowest BCUT2D eigenvalue weighted by Gasteiger charge is -2.24. The van der Waals surface area contributed by atoms with E-state index in [1.54, 1.807) is 0 Å². The summed E-state index contributed by atoms with van der Waals surface area (Å²) in [5.41, 5.74) is 0.662. The second-order valence-corrected chi connectivity index (χ2v) is 7.45. The molecule has 1 aromatic carbocycles. The zero-order valence-electron chi connectivity index (χ0n) is 15.6. The minimum Gasteiger partial charge on any atom is -0.454 e. The molecule has 2 amide bonds. The van der Waals surface area contributed by atoms with Crippen LogP contribution in [-0.4, -0.2) is 43.8 Å². The van der Waals surface area contributed by atoms with E-state index in [0.717, 1.165) is 16.2 Å². The Hall–Kier alpha value is -2.28. The zero-order chi connectivity index (χ0) is 18.6. The molecule has 7 heteroatoms. The van der Waals surface area contributed by atoms with Gasteiger partial charge >= 0.3 is 0 Å². The monoisotopic (exact) mass is 350 g/mol. The molecule has 1 heterocycles. The molecule has 0 saturated heterocycles. The average molecular weight is 350 g/mol. The number of hydrogen-bond acceptors (Lipinski definition) is 4. The topological polar surface area (TPSA) is 81.1 Å². The SMILES string of the molecule is C[C@H](C(=O)NCc1ccc2c(c1)OCO2)[NH+](C)CC(=O)NC(C)(C)C. The van der Waals surface area contributed by atoms with Gasteiger partial charge in [0.15, 0.2) is 24.1 Å². The normalized spacial score (nSPS) is 15.4. The van der Waals surface area contributed by atoms with Gasteiger partial charge in [0.25, 0.3) is 11.8 Å². The molecule has 1 aliphatic rings. The highest BCUT2D eigenvalue weighted by molar-refractivity contribution is 5.81. The Balaban J connectivity index is 1.82. The van der Waals surface area contributed by atoms with Crippen LogP contribution in [0.2, 0.25) is 0 Å². The summed E-state index contributed by atoms with van der Waals surface area (Å²) in [6.07, 6.45) is 0. The fourth-order valence-corrected chi connectivity index (χ4v) is 2.49. The first-order valence-electron chi connectivity index (χ1n) is 8.45. The van der Waals surface area contributed by atoms with Gasteiger partial charge < -0.3 is 25.0 Å². The predicted molar refractivity (Wildman–Crippen MR) is 93.5 cm³/mol. The first kappa shape index (κ1) is 19.1. The maximum atomic E-state index is 12.3. The molecule has 7 nitrogen and oxygen atoms in total. The minimum absolute atomic E-state index is 0.0691. The van der Waals surface area contributed by atoms with Crippen molar-refractivity contribution in [2.45, 2.75) is 45.8 Å². The van der Waals surface area contributed by atoms with Gasteiger partial charge in [-0.25, -0.2) is 0 Å². The minimum atomic E-state index is -0.334. The smallest absolute Gasteiger partial charge is 0.278 e. The second kappa shape index (κ2) is 7.74. The summed E-state index contributed by atoms with van der Waals surface area (Å²) < 4.78 is 10.6. The van der Waals surface area contributed by atoms with Crippen LogP contribution < -0.4 is 25.0 Å². The Morgan fingerprint density at radius 1 is 1.24 bits per heavy atom. The molecule has 1 aromatic rings. The number of benzene rings is 1. The third-order valence-corrected chi connectivity index (χ3v) is 3.99. The van der Waals surface area contributed by atoms with E-state index in [0.29, 0.717) is 12.3 Å². The summed E-state index contributed by atoms with van der Waals surface area (Å²) in [4.78, 5) is 25.2. The number of carbonyl (C=O) groups excluding carboxylic acids is 2. The van der Waals surface area contributed by atoms with Crippen molar-refractivity contribution in [3.05, 3.63) is 23.8 Å². The molecule has 138 valence electrons. The molecule has 0 saturated carbocycles. The first-order valence-corrected chi connectivity index (χ1v) is 8.45. The van der Waals surface area contributed by atoms with Crippen molar-refractivity contribution in [1.82, 2.24) is 10.6 Å². The van der Waals surface area contributed by atoms with E-state index in [9.17, 15) is 9.59 Å². The summed E-state index contributed by atoms with van der Waals surface area (Å²) in [6.45, 7) is 8.49. The van der Waals surface area contributed by atoms with Crippen molar-refractivity contribution >= 4 is 11.8 Å². The fraction of sp³-hybridized carbons (Fsp3) is 0.556. The molecular weight excluding hydrogens is 322 g/mol. The van der Waals surface area contributed by atoms with Crippen LogP contribution in [0.3, 0.4) is 0 Å². The standard InChI is InChI=1S/C18H27N3O4/c1-12(21(5)10-16(22)20-18(2,3)4)17(23)19-9-13-6-7-14-15(8-13)25-11-24-14/h6-8,12H,9-11H2,1-5H3,(H,19,23)(H,20,22)/p+1/t12-/m1/s1. The van der Waals surface area contributed by atoms with Gasteiger partial charge in [0, 0.05) is 12.1 Å². The molecule has 3 N–H and O–H groups in total. The molecule has 2 atom stereocenters. The fourth-order valence-electron chi connectivity index (χ4n) is 2.49. The van der Waals surface area contributed by atoms with Crippen LogP contribution in [0.1, 0.15) is 33.3 Å². The lowest BCUT2D eigenvalue weighted by Crippen LogP contribution is -3.15. The number of likely N-dealkylation sites (N-methyl/N-ethyl adjacent to an activating group) is 1. The van der Waals surface area contributed by atoms with Gasteiger partial charge in [-0.05, 0) is 45.4 Å². The molecule has 0 aliphatic carbocycles. The molecule has 0 aromatic heterocycles. The number of quaternary nitrogens is 1. The highest BCUT2D eigenvalue weighted by Crippen LogP contribution is 2.32. The molecule has 1 unspecified atom stereocenters. The van der Waals surface area contributed by atoms with Crippen molar-refractivity contribution < 1.29 is 24.0 Å². The number of hydrogen-bond donors (Lipinski definition) is 3. The summed E-state index contributed by atoms with van der Waals surface area (Å²) in [5.74, 6) is 1.25. The van der Waals surface area contributed by atoms with E-state index in [4.69, 9.17) is 9.47 Å². The third-order valence-electron chi connectivity index (χ3n) is 3.99. The number of ether oxygens (including phenoxy) is 2. The van der Waals surface area contributed by atoms with E-state index in [2.05, 4.69) is 10.6 Å². The second-order valence-electron chi connectivity index (χ2n) is 7.45. The van der Waals surface area contributed by atoms with Crippen LogP contribution in [-0.2, 0) is 16.1 Å². The summed E-state index contributed by atoms with van der Waals surface area (Å²) in [5, 5.41) is 5.81. The number of nitrogens with one attached hydrogen (secondary N) is 3. The highest BCUT2D eigenvalue weighted by Gasteiger charge is 2.25. The Labute approximate surface area is 148 Å². The van der Waals surface area contributed by atoms with Gasteiger partial charge in [0.05, 0.1) is 7.05 Å². The van der Waals surface area contributed by atoms with Crippen molar-refractivity contribution in [2.75, 3.05) is 20.4 Å². The van der Waals surface area contributed by atoms with Crippen LogP contribution in [0.15, 0.2) is 18.2 Å². The van der Waals surface area contributed by atoms with E-state index >= 15 is 0 Å². The Kier molecular flexibility index (Phi) is 5.89. The summed E-state index contributed by atoms with van der Waals surface area (Å²) in [6, 6.07) is 5.26. The maximum Gasteiger partial charge on any atom is 0.278 e. The molecule has 0 spiro atoms. The van der Waals surface area contributed by atoms with Gasteiger partial charge in [0.1, 0.15) is 0 Å². The Morgan fingerprint density at radius 3 is 2.60 bits per heavy atom. The number of rotatable bonds is 6. The predicted octanol–water partition coefficient (Wildman–Crippen LogP) is -0.151. The van der Waals surface area contributed by atoms with E-state index in [-0.39, 0.29) is 36.7 Å². The molecule has 0 bridgehead atoms. The van der Waals surface area contributed by atoms with Crippen LogP contribution in [0.5, 0.6) is 11.5 Å². The van der Waals surface area contributed by atoms with Gasteiger partial charge in [-0.2, -0.15) is 0 Å². The molecule has 0 fully saturated rings. The number of carbonyl (C=O) groups is 2. The first-order chi connectivity index (χ1) is 11.7.